The molecule has 115 heavy (non-hydrogen) atoms. The van der Waals surface area contributed by atoms with Crippen LogP contribution in [0.5, 0.6) is 46.0 Å². The number of hydrogen-bond acceptors (Lipinski definition) is 35. The Balaban J connectivity index is 2.18. The van der Waals surface area contributed by atoms with Gasteiger partial charge in [-0.15, -0.1) is 0 Å². The summed E-state index contributed by atoms with van der Waals surface area (Å²) >= 11 is 0. The van der Waals surface area contributed by atoms with Gasteiger partial charge in [0.15, 0.2) is 23.0 Å². The maximum absolute atomic E-state index is 13.9. The average molecular weight is 1650 g/mol. The number of nitrogens with zero attached hydrogens (tertiary/aromatic N) is 3. The second-order valence-electron chi connectivity index (χ2n) is 24.3. The molecule has 5 N–H and O–H groups in total. The number of carboxylic acids is 4. The van der Waals surface area contributed by atoms with Crippen LogP contribution in [0.25, 0.3) is 0 Å². The number of aliphatic hydroxyl groups excluding tert-OH is 1. The molecule has 39 nitrogen and oxygen atoms in total. The summed E-state index contributed by atoms with van der Waals surface area (Å²) in [6.07, 6.45) is 0. The average Bonchev–Trinajstić information content (AvgIpc) is 0.839. The summed E-state index contributed by atoms with van der Waals surface area (Å²) in [6, 6.07) is 11.7. The van der Waals surface area contributed by atoms with Gasteiger partial charge in [0.2, 0.25) is 11.5 Å². The van der Waals surface area contributed by atoms with Crippen LogP contribution in [0, 0.1) is 0 Å². The molecule has 0 spiro atoms. The van der Waals surface area contributed by atoms with Crippen molar-refractivity contribution in [3.8, 4) is 46.0 Å². The third-order valence-electron chi connectivity index (χ3n) is 15.1. The molecule has 0 heterocycles. The lowest BCUT2D eigenvalue weighted by Crippen LogP contribution is -2.45. The van der Waals surface area contributed by atoms with Crippen molar-refractivity contribution < 1.29 is 173 Å². The molecule has 3 aromatic rings. The van der Waals surface area contributed by atoms with Gasteiger partial charge in [0.05, 0.1) is 231 Å². The van der Waals surface area contributed by atoms with Crippen LogP contribution in [-0.4, -0.2) is 402 Å². The summed E-state index contributed by atoms with van der Waals surface area (Å²) in [5.74, 6) is -4.11. The van der Waals surface area contributed by atoms with Gasteiger partial charge >= 0.3 is 29.8 Å². The van der Waals surface area contributed by atoms with E-state index in [1.54, 1.807) is 78.0 Å². The van der Waals surface area contributed by atoms with Crippen molar-refractivity contribution in [1.82, 2.24) is 14.7 Å². The minimum absolute atomic E-state index is 0.0462. The maximum atomic E-state index is 13.9. The van der Waals surface area contributed by atoms with Gasteiger partial charge in [0.1, 0.15) is 71.0 Å². The topological polar surface area (TPSA) is 436 Å². The van der Waals surface area contributed by atoms with E-state index in [0.717, 1.165) is 4.90 Å². The number of benzene rings is 3. The van der Waals surface area contributed by atoms with Gasteiger partial charge in [0, 0.05) is 67.8 Å². The highest BCUT2D eigenvalue weighted by molar-refractivity contribution is 5.74. The van der Waals surface area contributed by atoms with E-state index in [-0.39, 0.29) is 218 Å². The van der Waals surface area contributed by atoms with E-state index in [1.165, 1.54) is 9.80 Å². The smallest absolute Gasteiger partial charge is 0.320 e. The van der Waals surface area contributed by atoms with Gasteiger partial charge < -0.3 is 149 Å². The zero-order chi connectivity index (χ0) is 83.2. The van der Waals surface area contributed by atoms with E-state index in [9.17, 15) is 44.4 Å². The van der Waals surface area contributed by atoms with Crippen LogP contribution in [-0.2, 0) is 129 Å². The lowest BCUT2D eigenvalue weighted by atomic mass is 10.1. The van der Waals surface area contributed by atoms with Crippen molar-refractivity contribution in [3.05, 3.63) is 59.2 Å². The number of carbonyl (C=O) groups excluding carboxylic acids is 1. The van der Waals surface area contributed by atoms with Gasteiger partial charge in [0.25, 0.3) is 0 Å². The number of carboxylic acid groups (broad SMARTS) is 4. The largest absolute Gasteiger partial charge is 0.489 e. The second-order valence-corrected chi connectivity index (χ2v) is 24.3. The van der Waals surface area contributed by atoms with Crippen molar-refractivity contribution in [1.29, 1.82) is 0 Å². The number of aliphatic carboxylic acids is 4. The summed E-state index contributed by atoms with van der Waals surface area (Å²) in [6.45, 7) is 4.64. The highest BCUT2D eigenvalue weighted by atomic mass is 16.6. The number of hydrogen-bond donors (Lipinski definition) is 5. The third-order valence-corrected chi connectivity index (χ3v) is 15.1. The zero-order valence-corrected chi connectivity index (χ0v) is 67.2. The SMILES string of the molecule is COCCOCCOCCOc1cc(COc2cc(COC(=O)CN(CCN(CCN(CC(=O)O)CC(=O)O)CC(=O)O)CC(=O)O)cc(OCc3cc(OCCOCCOCCOC)c(OCCOCCOCCOC)c(OCCOCCOCCOC)c3)c2)cc(OCCOCCOCCO)c1OCCOCCOCCOC. The standard InChI is InChI=1S/C76H123N3O36/c1-90-12-17-96-24-29-102-35-41-108-67-49-62(48-66(107-40-34-101-23-22-95-11-10-80)75(67)111-44-38-105-32-27-99-20-15-93-4)58-113-64-46-61(60-115-74(89)57-79(56-73(87)88)9-7-77(53-70(81)82)6-8-78(54-71(83)84)55-72(85)86)47-65(52-64)114-59-63-50-68(109-42-36-103-30-25-97-18-13-91-2)76(112-45-39-106-33-28-100-21-16-94-5)69(51-63)110-43-37-104-31-26-98-19-14-92-3/h46-52,80H,6-45,53-60H2,1-5H3,(H,81,82)(H,83,84)(H,85,86)(H,87,88). The highest BCUT2D eigenvalue weighted by Crippen LogP contribution is 2.41. The predicted molar refractivity (Wildman–Crippen MR) is 407 cm³/mol. The number of methoxy groups -OCH3 is 5. The molecule has 0 atom stereocenters. The fourth-order valence-corrected chi connectivity index (χ4v) is 9.73. The molecule has 0 saturated carbocycles. The highest BCUT2D eigenvalue weighted by Gasteiger charge is 2.24. The first-order valence-electron chi connectivity index (χ1n) is 37.8. The first-order valence-corrected chi connectivity index (χ1v) is 37.8. The Kier molecular flexibility index (Phi) is 61.6. The Morgan fingerprint density at radius 3 is 0.774 bits per heavy atom. The molecule has 39 heteroatoms. The molecule has 0 aliphatic heterocycles. The Hall–Kier alpha value is -7.43. The number of carbonyl (C=O) groups is 5. The summed E-state index contributed by atoms with van der Waals surface area (Å²) in [5.41, 5.74) is 1.39. The molecular formula is C76H123N3O36. The molecule has 0 aliphatic carbocycles. The molecular weight excluding hydrogens is 1530 g/mol. The Bertz CT molecular complexity index is 2910. The molecule has 0 unspecified atom stereocenters. The van der Waals surface area contributed by atoms with Gasteiger partial charge in [-0.3, -0.25) is 38.7 Å². The summed E-state index contributed by atoms with van der Waals surface area (Å²) in [7, 11) is 7.92. The first-order chi connectivity index (χ1) is 56.1. The Morgan fingerprint density at radius 2 is 0.496 bits per heavy atom. The second kappa shape index (κ2) is 69.7. The number of esters is 1. The van der Waals surface area contributed by atoms with Crippen LogP contribution in [0.3, 0.4) is 0 Å². The lowest BCUT2D eigenvalue weighted by molar-refractivity contribution is -0.148. The fourth-order valence-electron chi connectivity index (χ4n) is 9.73. The van der Waals surface area contributed by atoms with Crippen molar-refractivity contribution in [3.63, 3.8) is 0 Å². The quantitative estimate of drug-likeness (QED) is 0.0397. The zero-order valence-electron chi connectivity index (χ0n) is 67.2. The van der Waals surface area contributed by atoms with Crippen LogP contribution in [0.2, 0.25) is 0 Å². The normalized spacial score (nSPS) is 11.4. The van der Waals surface area contributed by atoms with E-state index < -0.39 is 69.2 Å². The van der Waals surface area contributed by atoms with E-state index >= 15 is 0 Å². The third kappa shape index (κ3) is 54.2. The minimum Gasteiger partial charge on any atom is -0.489 e. The Morgan fingerprint density at radius 1 is 0.261 bits per heavy atom. The van der Waals surface area contributed by atoms with Crippen molar-refractivity contribution in [2.75, 3.05) is 332 Å². The van der Waals surface area contributed by atoms with Gasteiger partial charge in [-0.1, -0.05) is 0 Å². The van der Waals surface area contributed by atoms with Gasteiger partial charge in [-0.25, -0.2) is 0 Å². The molecule has 658 valence electrons. The molecule has 0 amide bonds. The number of ether oxygens (including phenoxy) is 26. The van der Waals surface area contributed by atoms with Gasteiger partial charge in [-0.05, 0) is 53.1 Å². The van der Waals surface area contributed by atoms with E-state index in [0.29, 0.717) is 122 Å². The lowest BCUT2D eigenvalue weighted by Gasteiger charge is -2.27. The van der Waals surface area contributed by atoms with Crippen LogP contribution in [0.1, 0.15) is 16.7 Å². The molecule has 0 bridgehead atoms. The first kappa shape index (κ1) is 102. The van der Waals surface area contributed by atoms with E-state index in [2.05, 4.69) is 0 Å². The molecule has 0 radical (unpaired) electrons. The molecule has 0 fully saturated rings. The predicted octanol–water partition coefficient (Wildman–Crippen LogP) is 1.83. The minimum atomic E-state index is -1.32. The van der Waals surface area contributed by atoms with Crippen LogP contribution >= 0.6 is 0 Å². The maximum Gasteiger partial charge on any atom is 0.320 e. The van der Waals surface area contributed by atoms with E-state index in [1.807, 2.05) is 0 Å². The fraction of sp³-hybridized carbons (Fsp3) is 0.697. The molecule has 0 saturated heterocycles. The number of rotatable bonds is 83. The van der Waals surface area contributed by atoms with Crippen molar-refractivity contribution in [2.24, 2.45) is 0 Å². The van der Waals surface area contributed by atoms with Crippen LogP contribution in [0.4, 0.5) is 0 Å². The Labute approximate surface area is 672 Å². The number of aliphatic hydroxyl groups is 1. The molecule has 0 aliphatic rings. The molecule has 3 aromatic carbocycles. The monoisotopic (exact) mass is 1650 g/mol. The summed E-state index contributed by atoms with van der Waals surface area (Å²) in [4.78, 5) is 64.8. The van der Waals surface area contributed by atoms with E-state index in [4.69, 9.17) is 128 Å². The van der Waals surface area contributed by atoms with Crippen LogP contribution < -0.4 is 37.9 Å². The molecule has 3 rings (SSSR count). The van der Waals surface area contributed by atoms with Crippen LogP contribution in [0.15, 0.2) is 42.5 Å². The molecule has 0 aromatic heterocycles. The summed E-state index contributed by atoms with van der Waals surface area (Å²) in [5, 5.41) is 47.6. The summed E-state index contributed by atoms with van der Waals surface area (Å²) < 4.78 is 151. The van der Waals surface area contributed by atoms with Gasteiger partial charge in [-0.2, -0.15) is 0 Å². The van der Waals surface area contributed by atoms with Crippen molar-refractivity contribution in [2.45, 2.75) is 19.8 Å². The van der Waals surface area contributed by atoms with Crippen molar-refractivity contribution >= 4 is 29.8 Å².